The molecule has 0 bridgehead atoms. The van der Waals surface area contributed by atoms with Crippen molar-refractivity contribution in [3.05, 3.63) is 38.7 Å². The molecule has 0 aliphatic heterocycles. The molecule has 2 rings (SSSR count). The Bertz CT molecular complexity index is 516. The molecule has 1 aromatic carbocycles. The smallest absolute Gasteiger partial charge is 0.150 e. The zero-order valence-electron chi connectivity index (χ0n) is 6.69. The first-order valence-electron chi connectivity index (χ1n) is 3.68. The molecule has 0 aliphatic carbocycles. The van der Waals surface area contributed by atoms with E-state index in [0.29, 0.717) is 3.57 Å². The summed E-state index contributed by atoms with van der Waals surface area (Å²) < 4.78 is 27.4. The number of halogens is 4. The van der Waals surface area contributed by atoms with E-state index < -0.39 is 11.6 Å². The van der Waals surface area contributed by atoms with Crippen LogP contribution in [0, 0.1) is 15.2 Å². The van der Waals surface area contributed by atoms with Crippen molar-refractivity contribution in [2.75, 3.05) is 0 Å². The molecule has 0 N–H and O–H groups in total. The molecule has 0 saturated heterocycles. The molecule has 0 saturated carbocycles. The van der Waals surface area contributed by atoms with Crippen LogP contribution in [-0.2, 0) is 0 Å². The van der Waals surface area contributed by atoms with Gasteiger partial charge in [0.2, 0.25) is 0 Å². The minimum Gasteiger partial charge on any atom is -0.263 e. The second-order valence-corrected chi connectivity index (χ2v) is 4.27. The Hall–Kier alpha value is -0.490. The van der Waals surface area contributed by atoms with Gasteiger partial charge in [0.1, 0.15) is 5.82 Å². The zero-order chi connectivity index (χ0) is 10.3. The minimum absolute atomic E-state index is 0.152. The molecule has 0 spiro atoms. The molecular weight excluding hydrogens is 322 g/mol. The van der Waals surface area contributed by atoms with Crippen molar-refractivity contribution in [3.63, 3.8) is 0 Å². The van der Waals surface area contributed by atoms with Crippen LogP contribution in [0.4, 0.5) is 8.78 Å². The molecule has 0 unspecified atom stereocenters. The van der Waals surface area contributed by atoms with Crippen LogP contribution < -0.4 is 0 Å². The monoisotopic (exact) mass is 325 g/mol. The first-order valence-corrected chi connectivity index (χ1v) is 5.13. The van der Waals surface area contributed by atoms with Gasteiger partial charge in [0.15, 0.2) is 5.82 Å². The van der Waals surface area contributed by atoms with E-state index in [0.717, 1.165) is 6.07 Å². The summed E-state index contributed by atoms with van der Waals surface area (Å²) in [5.74, 6) is -1.16. The molecule has 72 valence electrons. The van der Waals surface area contributed by atoms with Crippen LogP contribution in [0.1, 0.15) is 0 Å². The summed E-state index contributed by atoms with van der Waals surface area (Å²) >= 11 is 7.42. The van der Waals surface area contributed by atoms with Gasteiger partial charge in [-0.1, -0.05) is 11.6 Å². The molecule has 0 amide bonds. The largest absolute Gasteiger partial charge is 0.263 e. The predicted molar refractivity (Wildman–Crippen MR) is 59.4 cm³/mol. The average molecular weight is 325 g/mol. The standard InChI is InChI=1S/C9H3ClF2IN/c10-5-1-6(11)4-2-14-3-7(13)8(4)9(5)12/h1-3H. The zero-order valence-corrected chi connectivity index (χ0v) is 9.60. The molecular formula is C9H3ClF2IN. The van der Waals surface area contributed by atoms with Crippen molar-refractivity contribution in [1.29, 1.82) is 0 Å². The molecule has 14 heavy (non-hydrogen) atoms. The fourth-order valence-corrected chi connectivity index (χ4v) is 2.09. The van der Waals surface area contributed by atoms with Crippen molar-refractivity contribution in [2.24, 2.45) is 0 Å². The number of hydrogen-bond donors (Lipinski definition) is 0. The summed E-state index contributed by atoms with van der Waals surface area (Å²) in [4.78, 5) is 3.79. The van der Waals surface area contributed by atoms with E-state index in [2.05, 4.69) is 4.98 Å². The van der Waals surface area contributed by atoms with Gasteiger partial charge in [-0.3, -0.25) is 4.98 Å². The molecule has 1 aromatic heterocycles. The lowest BCUT2D eigenvalue weighted by Crippen LogP contribution is -1.90. The summed E-state index contributed by atoms with van der Waals surface area (Å²) in [5.41, 5.74) is 0. The number of nitrogens with zero attached hydrogens (tertiary/aromatic N) is 1. The highest BCUT2D eigenvalue weighted by Crippen LogP contribution is 2.29. The van der Waals surface area contributed by atoms with Crippen LogP contribution in [0.15, 0.2) is 18.5 Å². The number of benzene rings is 1. The Labute approximate surface area is 97.2 Å². The van der Waals surface area contributed by atoms with Gasteiger partial charge in [-0.05, 0) is 28.7 Å². The summed E-state index contributed by atoms with van der Waals surface area (Å²) in [6.45, 7) is 0. The van der Waals surface area contributed by atoms with Gasteiger partial charge in [-0.25, -0.2) is 8.78 Å². The SMILES string of the molecule is Fc1cc(Cl)c(F)c2c(I)cncc12. The van der Waals surface area contributed by atoms with Crippen molar-refractivity contribution < 1.29 is 8.78 Å². The Morgan fingerprint density at radius 1 is 1.29 bits per heavy atom. The Kier molecular flexibility index (Phi) is 2.57. The van der Waals surface area contributed by atoms with Crippen LogP contribution in [0.2, 0.25) is 5.02 Å². The van der Waals surface area contributed by atoms with E-state index in [-0.39, 0.29) is 15.8 Å². The molecule has 0 aliphatic rings. The van der Waals surface area contributed by atoms with Crippen LogP contribution in [-0.4, -0.2) is 4.98 Å². The summed E-state index contributed by atoms with van der Waals surface area (Å²) in [7, 11) is 0. The molecule has 2 aromatic rings. The first kappa shape index (κ1) is 10.0. The molecule has 0 fully saturated rings. The highest BCUT2D eigenvalue weighted by molar-refractivity contribution is 14.1. The second kappa shape index (κ2) is 3.58. The maximum atomic E-state index is 13.5. The maximum absolute atomic E-state index is 13.5. The van der Waals surface area contributed by atoms with E-state index in [4.69, 9.17) is 11.6 Å². The first-order chi connectivity index (χ1) is 6.61. The van der Waals surface area contributed by atoms with Crippen LogP contribution in [0.25, 0.3) is 10.8 Å². The molecule has 0 atom stereocenters. The van der Waals surface area contributed by atoms with Crippen molar-refractivity contribution in [2.45, 2.75) is 0 Å². The fraction of sp³-hybridized carbons (Fsp3) is 0. The van der Waals surface area contributed by atoms with Gasteiger partial charge in [0.25, 0.3) is 0 Å². The number of aromatic nitrogens is 1. The van der Waals surface area contributed by atoms with Gasteiger partial charge in [-0.15, -0.1) is 0 Å². The van der Waals surface area contributed by atoms with Gasteiger partial charge in [0.05, 0.1) is 5.02 Å². The third-order valence-corrected chi connectivity index (χ3v) is 2.93. The highest BCUT2D eigenvalue weighted by atomic mass is 127. The van der Waals surface area contributed by atoms with Crippen LogP contribution >= 0.6 is 34.2 Å². The lowest BCUT2D eigenvalue weighted by atomic mass is 10.1. The third kappa shape index (κ3) is 1.46. The van der Waals surface area contributed by atoms with Crippen LogP contribution in [0.5, 0.6) is 0 Å². The Balaban J connectivity index is 3.03. The van der Waals surface area contributed by atoms with E-state index in [1.54, 1.807) is 0 Å². The van der Waals surface area contributed by atoms with E-state index in [1.165, 1.54) is 12.4 Å². The van der Waals surface area contributed by atoms with E-state index >= 15 is 0 Å². The average Bonchev–Trinajstić information content (AvgIpc) is 2.14. The van der Waals surface area contributed by atoms with Crippen molar-refractivity contribution in [1.82, 2.24) is 4.98 Å². The van der Waals surface area contributed by atoms with E-state index in [9.17, 15) is 8.78 Å². The predicted octanol–water partition coefficient (Wildman–Crippen LogP) is 3.77. The van der Waals surface area contributed by atoms with Gasteiger partial charge in [0, 0.05) is 26.7 Å². The topological polar surface area (TPSA) is 12.9 Å². The minimum atomic E-state index is -0.602. The van der Waals surface area contributed by atoms with E-state index in [1.807, 2.05) is 22.6 Å². The Morgan fingerprint density at radius 3 is 2.71 bits per heavy atom. The summed E-state index contributed by atoms with van der Waals surface area (Å²) in [5, 5.41) is 0.128. The molecule has 1 nitrogen and oxygen atoms in total. The molecule has 1 heterocycles. The number of fused-ring (bicyclic) bond motifs is 1. The van der Waals surface area contributed by atoms with Crippen LogP contribution in [0.3, 0.4) is 0 Å². The maximum Gasteiger partial charge on any atom is 0.150 e. The summed E-state index contributed by atoms with van der Waals surface area (Å²) in [6.07, 6.45) is 2.74. The summed E-state index contributed by atoms with van der Waals surface area (Å²) in [6, 6.07) is 0.955. The quantitative estimate of drug-likeness (QED) is 0.531. The van der Waals surface area contributed by atoms with Gasteiger partial charge in [-0.2, -0.15) is 0 Å². The number of rotatable bonds is 0. The van der Waals surface area contributed by atoms with Crippen molar-refractivity contribution in [3.8, 4) is 0 Å². The lowest BCUT2D eigenvalue weighted by Gasteiger charge is -2.04. The molecule has 5 heteroatoms. The van der Waals surface area contributed by atoms with Gasteiger partial charge < -0.3 is 0 Å². The third-order valence-electron chi connectivity index (χ3n) is 1.84. The normalized spacial score (nSPS) is 10.9. The highest BCUT2D eigenvalue weighted by Gasteiger charge is 2.13. The lowest BCUT2D eigenvalue weighted by molar-refractivity contribution is 0.617. The van der Waals surface area contributed by atoms with Gasteiger partial charge >= 0.3 is 0 Å². The fourth-order valence-electron chi connectivity index (χ4n) is 1.21. The van der Waals surface area contributed by atoms with Crippen molar-refractivity contribution >= 4 is 45.0 Å². The molecule has 0 radical (unpaired) electrons. The number of pyridine rings is 1. The second-order valence-electron chi connectivity index (χ2n) is 2.70. The Morgan fingerprint density at radius 2 is 2.00 bits per heavy atom. The number of hydrogen-bond acceptors (Lipinski definition) is 1.